The predicted molar refractivity (Wildman–Crippen MR) is 71.6 cm³/mol. The van der Waals surface area contributed by atoms with Gasteiger partial charge in [0.25, 0.3) is 0 Å². The van der Waals surface area contributed by atoms with Gasteiger partial charge in [-0.05, 0) is 45.5 Å². The quantitative estimate of drug-likeness (QED) is 0.865. The first kappa shape index (κ1) is 13.5. The third kappa shape index (κ3) is 4.14. The first-order valence-electron chi connectivity index (χ1n) is 5.63. The summed E-state index contributed by atoms with van der Waals surface area (Å²) in [6.45, 7) is 8.56. The monoisotopic (exact) mass is 285 g/mol. The van der Waals surface area contributed by atoms with Gasteiger partial charge in [-0.25, -0.2) is 0 Å². The van der Waals surface area contributed by atoms with Crippen LogP contribution in [0.5, 0.6) is 5.75 Å². The summed E-state index contributed by atoms with van der Waals surface area (Å²) in [5, 5.41) is 12.8. The lowest BCUT2D eigenvalue weighted by Gasteiger charge is -2.23. The van der Waals surface area contributed by atoms with E-state index in [2.05, 4.69) is 42.0 Å². The van der Waals surface area contributed by atoms with E-state index in [1.54, 1.807) is 6.07 Å². The van der Waals surface area contributed by atoms with Crippen LogP contribution in [0.1, 0.15) is 32.8 Å². The van der Waals surface area contributed by atoms with E-state index < -0.39 is 0 Å². The van der Waals surface area contributed by atoms with Gasteiger partial charge in [0.05, 0.1) is 4.47 Å². The first-order valence-corrected chi connectivity index (χ1v) is 6.42. The molecule has 0 bridgehead atoms. The third-order valence-electron chi connectivity index (χ3n) is 2.90. The maximum absolute atomic E-state index is 9.37. The SMILES string of the molecule is CCC(C)(C)CNCc1ccc(O)c(Br)c1. The third-order valence-corrected chi connectivity index (χ3v) is 3.54. The molecular weight excluding hydrogens is 266 g/mol. The van der Waals surface area contributed by atoms with Crippen LogP contribution < -0.4 is 5.32 Å². The van der Waals surface area contributed by atoms with Crippen LogP contribution in [-0.2, 0) is 6.54 Å². The fourth-order valence-corrected chi connectivity index (χ4v) is 1.76. The minimum Gasteiger partial charge on any atom is -0.507 e. The van der Waals surface area contributed by atoms with Crippen LogP contribution >= 0.6 is 15.9 Å². The highest BCUT2D eigenvalue weighted by atomic mass is 79.9. The summed E-state index contributed by atoms with van der Waals surface area (Å²) in [6.07, 6.45) is 1.17. The highest BCUT2D eigenvalue weighted by Gasteiger charge is 2.13. The first-order chi connectivity index (χ1) is 7.44. The van der Waals surface area contributed by atoms with E-state index in [1.807, 2.05) is 12.1 Å². The Morgan fingerprint density at radius 3 is 2.62 bits per heavy atom. The number of hydrogen-bond donors (Lipinski definition) is 2. The van der Waals surface area contributed by atoms with Crippen LogP contribution in [0.2, 0.25) is 0 Å². The Morgan fingerprint density at radius 2 is 2.06 bits per heavy atom. The van der Waals surface area contributed by atoms with Crippen molar-refractivity contribution in [3.8, 4) is 5.75 Å². The molecule has 2 N–H and O–H groups in total. The number of phenols is 1. The van der Waals surface area contributed by atoms with Gasteiger partial charge < -0.3 is 10.4 Å². The Kier molecular flexibility index (Phi) is 4.81. The number of rotatable bonds is 5. The van der Waals surface area contributed by atoms with Crippen LogP contribution in [0.4, 0.5) is 0 Å². The number of halogens is 1. The lowest BCUT2D eigenvalue weighted by Crippen LogP contribution is -2.28. The van der Waals surface area contributed by atoms with Crippen LogP contribution in [0.3, 0.4) is 0 Å². The minimum atomic E-state index is 0.289. The highest BCUT2D eigenvalue weighted by Crippen LogP contribution is 2.24. The second-order valence-corrected chi connectivity index (χ2v) is 5.76. The van der Waals surface area contributed by atoms with Gasteiger partial charge in [0.15, 0.2) is 0 Å². The zero-order valence-corrected chi connectivity index (χ0v) is 11.8. The Bertz CT molecular complexity index is 350. The molecule has 0 amide bonds. The molecule has 16 heavy (non-hydrogen) atoms. The molecule has 0 aromatic heterocycles. The van der Waals surface area contributed by atoms with E-state index in [4.69, 9.17) is 0 Å². The molecule has 0 saturated heterocycles. The van der Waals surface area contributed by atoms with Gasteiger partial charge in [0, 0.05) is 13.1 Å². The second kappa shape index (κ2) is 5.69. The van der Waals surface area contributed by atoms with Crippen molar-refractivity contribution >= 4 is 15.9 Å². The molecule has 90 valence electrons. The van der Waals surface area contributed by atoms with Crippen LogP contribution in [-0.4, -0.2) is 11.7 Å². The molecule has 0 aliphatic rings. The molecule has 0 radical (unpaired) electrons. The van der Waals surface area contributed by atoms with Crippen molar-refractivity contribution in [1.29, 1.82) is 0 Å². The van der Waals surface area contributed by atoms with Crippen molar-refractivity contribution in [3.05, 3.63) is 28.2 Å². The lowest BCUT2D eigenvalue weighted by atomic mass is 9.90. The Labute approximate surface area is 106 Å². The Morgan fingerprint density at radius 1 is 1.38 bits per heavy atom. The van der Waals surface area contributed by atoms with Gasteiger partial charge in [-0.15, -0.1) is 0 Å². The summed E-state index contributed by atoms with van der Waals surface area (Å²) in [5.74, 6) is 0.289. The second-order valence-electron chi connectivity index (χ2n) is 4.91. The van der Waals surface area contributed by atoms with Crippen molar-refractivity contribution in [3.63, 3.8) is 0 Å². The molecule has 0 aliphatic heterocycles. The van der Waals surface area contributed by atoms with Crippen LogP contribution in [0.15, 0.2) is 22.7 Å². The molecule has 0 heterocycles. The van der Waals surface area contributed by atoms with Gasteiger partial charge in [-0.2, -0.15) is 0 Å². The molecule has 2 nitrogen and oxygen atoms in total. The molecule has 0 aliphatic carbocycles. The molecule has 0 spiro atoms. The fraction of sp³-hybridized carbons (Fsp3) is 0.538. The average molecular weight is 286 g/mol. The van der Waals surface area contributed by atoms with Crippen LogP contribution in [0.25, 0.3) is 0 Å². The van der Waals surface area contributed by atoms with Crippen molar-refractivity contribution in [2.45, 2.75) is 33.7 Å². The Balaban J connectivity index is 2.46. The van der Waals surface area contributed by atoms with Gasteiger partial charge in [0.1, 0.15) is 5.75 Å². The minimum absolute atomic E-state index is 0.289. The van der Waals surface area contributed by atoms with Crippen molar-refractivity contribution in [2.75, 3.05) is 6.54 Å². The number of hydrogen-bond acceptors (Lipinski definition) is 2. The summed E-state index contributed by atoms with van der Waals surface area (Å²) in [5.41, 5.74) is 1.52. The average Bonchev–Trinajstić information content (AvgIpc) is 2.23. The van der Waals surface area contributed by atoms with Crippen molar-refractivity contribution in [1.82, 2.24) is 5.32 Å². The number of benzene rings is 1. The molecular formula is C13H20BrNO. The summed E-state index contributed by atoms with van der Waals surface area (Å²) >= 11 is 3.31. The summed E-state index contributed by atoms with van der Waals surface area (Å²) < 4.78 is 0.751. The standard InChI is InChI=1S/C13H20BrNO/c1-4-13(2,3)9-15-8-10-5-6-12(16)11(14)7-10/h5-7,15-16H,4,8-9H2,1-3H3. The zero-order chi connectivity index (χ0) is 12.2. The van der Waals surface area contributed by atoms with E-state index in [0.29, 0.717) is 5.41 Å². The molecule has 0 saturated carbocycles. The number of nitrogens with one attached hydrogen (secondary N) is 1. The fourth-order valence-electron chi connectivity index (χ4n) is 1.33. The van der Waals surface area contributed by atoms with Crippen LogP contribution in [0, 0.1) is 5.41 Å². The lowest BCUT2D eigenvalue weighted by molar-refractivity contribution is 0.327. The maximum Gasteiger partial charge on any atom is 0.129 e. The molecule has 0 fully saturated rings. The van der Waals surface area contributed by atoms with E-state index >= 15 is 0 Å². The molecule has 1 aromatic rings. The summed E-state index contributed by atoms with van der Waals surface area (Å²) in [6, 6.07) is 5.60. The molecule has 0 unspecified atom stereocenters. The number of aromatic hydroxyl groups is 1. The van der Waals surface area contributed by atoms with Gasteiger partial charge in [0.2, 0.25) is 0 Å². The normalized spacial score (nSPS) is 11.8. The highest BCUT2D eigenvalue weighted by molar-refractivity contribution is 9.10. The van der Waals surface area contributed by atoms with Crippen molar-refractivity contribution in [2.24, 2.45) is 5.41 Å². The Hall–Kier alpha value is -0.540. The smallest absolute Gasteiger partial charge is 0.129 e. The zero-order valence-electron chi connectivity index (χ0n) is 10.2. The molecule has 1 rings (SSSR count). The topological polar surface area (TPSA) is 32.3 Å². The number of phenolic OH excluding ortho intramolecular Hbond substituents is 1. The summed E-state index contributed by atoms with van der Waals surface area (Å²) in [4.78, 5) is 0. The van der Waals surface area contributed by atoms with Gasteiger partial charge >= 0.3 is 0 Å². The predicted octanol–water partition coefficient (Wildman–Crippen LogP) is 3.68. The largest absolute Gasteiger partial charge is 0.507 e. The van der Waals surface area contributed by atoms with E-state index in [0.717, 1.165) is 17.6 Å². The van der Waals surface area contributed by atoms with E-state index in [1.165, 1.54) is 12.0 Å². The van der Waals surface area contributed by atoms with Crippen molar-refractivity contribution < 1.29 is 5.11 Å². The van der Waals surface area contributed by atoms with E-state index in [-0.39, 0.29) is 5.75 Å². The summed E-state index contributed by atoms with van der Waals surface area (Å²) in [7, 11) is 0. The van der Waals surface area contributed by atoms with E-state index in [9.17, 15) is 5.11 Å². The molecule has 3 heteroatoms. The molecule has 0 atom stereocenters. The molecule has 1 aromatic carbocycles. The maximum atomic E-state index is 9.37. The van der Waals surface area contributed by atoms with Gasteiger partial charge in [-0.1, -0.05) is 26.8 Å². The van der Waals surface area contributed by atoms with Gasteiger partial charge in [-0.3, -0.25) is 0 Å².